The van der Waals surface area contributed by atoms with E-state index >= 15 is 0 Å². The van der Waals surface area contributed by atoms with Gasteiger partial charge in [-0.05, 0) is 44.9 Å². The molecule has 13 heteroatoms. The SMILES string of the molecule is CCCCCCCC/C=C\CCCCCCCCCC(=O)NC(COC1OC(CO)C(O)C(OS(=O)(=O)O)C1O)C(O)/C=C/CCCCCCCCCCCCCCCCCCC. The molecule has 1 amide bonds. The molecule has 7 atom stereocenters. The summed E-state index contributed by atoms with van der Waals surface area (Å²) in [5, 5.41) is 44.8. The van der Waals surface area contributed by atoms with E-state index in [2.05, 4.69) is 35.5 Å². The van der Waals surface area contributed by atoms with Crippen LogP contribution in [0, 0.1) is 0 Å². The van der Waals surface area contributed by atoms with Crippen molar-refractivity contribution in [1.29, 1.82) is 0 Å². The Morgan fingerprint density at radius 3 is 1.43 bits per heavy atom. The fourth-order valence-corrected chi connectivity index (χ4v) is 8.72. The number of carbonyl (C=O) groups is 1. The van der Waals surface area contributed by atoms with Gasteiger partial charge in [0.05, 0.1) is 25.4 Å². The van der Waals surface area contributed by atoms with E-state index in [1.165, 1.54) is 161 Å². The van der Waals surface area contributed by atoms with E-state index in [1.54, 1.807) is 6.08 Å². The van der Waals surface area contributed by atoms with Crippen LogP contribution >= 0.6 is 0 Å². The average Bonchev–Trinajstić information content (AvgIpc) is 3.25. The summed E-state index contributed by atoms with van der Waals surface area (Å²) < 4.78 is 47.7. The third kappa shape index (κ3) is 33.7. The highest BCUT2D eigenvalue weighted by molar-refractivity contribution is 7.80. The molecule has 0 aliphatic carbocycles. The number of aliphatic hydroxyl groups is 4. The fourth-order valence-electron chi connectivity index (χ4n) is 8.21. The number of amides is 1. The lowest BCUT2D eigenvalue weighted by atomic mass is 9.99. The Bertz CT molecular complexity index is 1220. The minimum atomic E-state index is -5.09. The molecule has 0 spiro atoms. The summed E-state index contributed by atoms with van der Waals surface area (Å²) in [4.78, 5) is 13.1. The fraction of sp³-hybridized carbons (Fsp3) is 0.900. The van der Waals surface area contributed by atoms with Crippen LogP contribution in [-0.4, -0.2) is 95.4 Å². The third-order valence-corrected chi connectivity index (χ3v) is 12.7. The van der Waals surface area contributed by atoms with Gasteiger partial charge in [-0.2, -0.15) is 8.42 Å². The van der Waals surface area contributed by atoms with Crippen molar-refractivity contribution in [2.45, 2.75) is 275 Å². The van der Waals surface area contributed by atoms with Gasteiger partial charge in [0.25, 0.3) is 0 Å². The van der Waals surface area contributed by atoms with Gasteiger partial charge in [-0.1, -0.05) is 205 Å². The highest BCUT2D eigenvalue weighted by Crippen LogP contribution is 2.26. The van der Waals surface area contributed by atoms with Gasteiger partial charge >= 0.3 is 10.4 Å². The number of nitrogens with one attached hydrogen (secondary N) is 1. The van der Waals surface area contributed by atoms with Crippen molar-refractivity contribution in [2.75, 3.05) is 13.2 Å². The van der Waals surface area contributed by atoms with Crippen LogP contribution in [0.2, 0.25) is 0 Å². The van der Waals surface area contributed by atoms with Crippen LogP contribution in [0.3, 0.4) is 0 Å². The molecule has 63 heavy (non-hydrogen) atoms. The zero-order valence-electron chi connectivity index (χ0n) is 39.9. The third-order valence-electron chi connectivity index (χ3n) is 12.2. The van der Waals surface area contributed by atoms with Gasteiger partial charge in [0.15, 0.2) is 6.29 Å². The van der Waals surface area contributed by atoms with E-state index in [-0.39, 0.29) is 18.9 Å². The molecule has 12 nitrogen and oxygen atoms in total. The second kappa shape index (κ2) is 40.8. The van der Waals surface area contributed by atoms with Crippen molar-refractivity contribution in [1.82, 2.24) is 5.32 Å². The van der Waals surface area contributed by atoms with Gasteiger partial charge < -0.3 is 35.2 Å². The van der Waals surface area contributed by atoms with E-state index in [1.807, 2.05) is 6.08 Å². The normalized spacial score (nSPS) is 20.5. The van der Waals surface area contributed by atoms with Crippen LogP contribution in [0.25, 0.3) is 0 Å². The van der Waals surface area contributed by atoms with E-state index in [0.29, 0.717) is 6.42 Å². The van der Waals surface area contributed by atoms with Crippen LogP contribution in [0.4, 0.5) is 0 Å². The molecule has 0 bridgehead atoms. The molecule has 1 fully saturated rings. The number of unbranched alkanes of at least 4 members (excludes halogenated alkanes) is 30. The predicted molar refractivity (Wildman–Crippen MR) is 255 cm³/mol. The number of aliphatic hydroxyl groups excluding tert-OH is 4. The van der Waals surface area contributed by atoms with Gasteiger partial charge in [0.1, 0.15) is 24.4 Å². The zero-order chi connectivity index (χ0) is 46.2. The van der Waals surface area contributed by atoms with Crippen molar-refractivity contribution in [3.63, 3.8) is 0 Å². The van der Waals surface area contributed by atoms with Crippen molar-refractivity contribution >= 4 is 16.3 Å². The first-order chi connectivity index (χ1) is 30.5. The van der Waals surface area contributed by atoms with Crippen molar-refractivity contribution in [3.05, 3.63) is 24.3 Å². The lowest BCUT2D eigenvalue weighted by molar-refractivity contribution is -0.298. The smallest absolute Gasteiger partial charge is 0.394 e. The molecular formula is C50H95NO11S. The highest BCUT2D eigenvalue weighted by Gasteiger charge is 2.48. The number of hydrogen-bond donors (Lipinski definition) is 6. The largest absolute Gasteiger partial charge is 0.397 e. The number of hydrogen-bond acceptors (Lipinski definition) is 10. The molecule has 1 aliphatic rings. The number of allylic oxidation sites excluding steroid dienone is 3. The average molecular weight is 918 g/mol. The summed E-state index contributed by atoms with van der Waals surface area (Å²) in [6.07, 6.45) is 39.2. The molecule has 6 N–H and O–H groups in total. The van der Waals surface area contributed by atoms with Gasteiger partial charge in [0, 0.05) is 6.42 Å². The Labute approximate surface area is 384 Å². The topological polar surface area (TPSA) is 192 Å². The highest BCUT2D eigenvalue weighted by atomic mass is 32.3. The van der Waals surface area contributed by atoms with E-state index < -0.39 is 59.9 Å². The monoisotopic (exact) mass is 918 g/mol. The molecule has 0 radical (unpaired) electrons. The van der Waals surface area contributed by atoms with Crippen LogP contribution in [0.5, 0.6) is 0 Å². The molecule has 1 saturated heterocycles. The maximum Gasteiger partial charge on any atom is 0.397 e. The molecule has 372 valence electrons. The minimum Gasteiger partial charge on any atom is -0.394 e. The Balaban J connectivity index is 2.47. The standard InChI is InChI=1S/C50H95NO11S/c1-3-5-7-9-11-13-15-17-19-21-22-24-25-27-29-31-33-35-37-39-44(53)43(42-60-50-48(56)49(62-63(57,58)59)47(55)45(41-52)61-50)51-46(54)40-38-36-34-32-30-28-26-23-20-18-16-14-12-10-8-6-4-2/h18,20,37,39,43-45,47-50,52-53,55-56H,3-17,19,21-36,38,40-42H2,1-2H3,(H,51,54)(H,57,58,59)/b20-18-,39-37+. The number of ether oxygens (including phenoxy) is 2. The Morgan fingerprint density at radius 2 is 1.02 bits per heavy atom. The van der Waals surface area contributed by atoms with Gasteiger partial charge in [-0.25, -0.2) is 4.18 Å². The Kier molecular flexibility index (Phi) is 38.6. The molecule has 0 saturated carbocycles. The molecule has 1 heterocycles. The van der Waals surface area contributed by atoms with Crippen molar-refractivity contribution in [2.24, 2.45) is 0 Å². The first-order valence-electron chi connectivity index (χ1n) is 25.7. The lowest BCUT2D eigenvalue weighted by Crippen LogP contribution is -2.61. The predicted octanol–water partition coefficient (Wildman–Crippen LogP) is 10.9. The second-order valence-corrected chi connectivity index (χ2v) is 19.2. The molecule has 0 aromatic carbocycles. The van der Waals surface area contributed by atoms with Crippen LogP contribution in [0.15, 0.2) is 24.3 Å². The van der Waals surface area contributed by atoms with Gasteiger partial charge in [-0.15, -0.1) is 0 Å². The quantitative estimate of drug-likeness (QED) is 0.0194. The molecule has 1 rings (SSSR count). The Hall–Kier alpha value is -1.42. The molecule has 0 aromatic rings. The summed E-state index contributed by atoms with van der Waals surface area (Å²) >= 11 is 0. The summed E-state index contributed by atoms with van der Waals surface area (Å²) in [5.74, 6) is -0.265. The van der Waals surface area contributed by atoms with Crippen LogP contribution < -0.4 is 5.32 Å². The van der Waals surface area contributed by atoms with Gasteiger partial charge in [0.2, 0.25) is 5.91 Å². The van der Waals surface area contributed by atoms with Crippen LogP contribution in [0.1, 0.15) is 232 Å². The van der Waals surface area contributed by atoms with E-state index in [9.17, 15) is 38.2 Å². The molecular weight excluding hydrogens is 823 g/mol. The zero-order valence-corrected chi connectivity index (χ0v) is 40.7. The van der Waals surface area contributed by atoms with E-state index in [0.717, 1.165) is 44.9 Å². The molecule has 7 unspecified atom stereocenters. The first kappa shape index (κ1) is 59.6. The van der Waals surface area contributed by atoms with Crippen LogP contribution in [-0.2, 0) is 28.9 Å². The summed E-state index contributed by atoms with van der Waals surface area (Å²) in [7, 11) is -5.09. The molecule has 1 aliphatic heterocycles. The summed E-state index contributed by atoms with van der Waals surface area (Å²) in [6, 6.07) is -0.944. The maximum absolute atomic E-state index is 13.1. The summed E-state index contributed by atoms with van der Waals surface area (Å²) in [6.45, 7) is 3.40. The number of carbonyl (C=O) groups excluding carboxylic acids is 1. The van der Waals surface area contributed by atoms with Crippen molar-refractivity contribution < 1.29 is 51.8 Å². The minimum absolute atomic E-state index is 0.265. The maximum atomic E-state index is 13.1. The van der Waals surface area contributed by atoms with Crippen molar-refractivity contribution in [3.8, 4) is 0 Å². The Morgan fingerprint density at radius 1 is 0.619 bits per heavy atom. The first-order valence-corrected chi connectivity index (χ1v) is 27.1. The van der Waals surface area contributed by atoms with E-state index in [4.69, 9.17) is 9.47 Å². The second-order valence-electron chi connectivity index (χ2n) is 18.1. The molecule has 0 aromatic heterocycles. The summed E-state index contributed by atoms with van der Waals surface area (Å²) in [5.41, 5.74) is 0. The lowest BCUT2D eigenvalue weighted by Gasteiger charge is -2.41. The van der Waals surface area contributed by atoms with Gasteiger partial charge in [-0.3, -0.25) is 9.35 Å². The number of rotatable bonds is 44.